The number of amides is 3. The summed E-state index contributed by atoms with van der Waals surface area (Å²) in [5, 5.41) is 8.84. The van der Waals surface area contributed by atoms with Gasteiger partial charge in [-0.1, -0.05) is 6.42 Å². The maximum absolute atomic E-state index is 12.1. The number of carbonyl (C=O) groups is 2. The van der Waals surface area contributed by atoms with Crippen LogP contribution in [0.5, 0.6) is 5.75 Å². The molecule has 0 saturated carbocycles. The molecule has 148 valence electrons. The Morgan fingerprint density at radius 3 is 2.67 bits per heavy atom. The molecule has 0 spiro atoms. The zero-order valence-corrected chi connectivity index (χ0v) is 15.2. The first kappa shape index (κ1) is 19.7. The summed E-state index contributed by atoms with van der Waals surface area (Å²) in [7, 11) is 0. The first-order valence-corrected chi connectivity index (χ1v) is 9.69. The molecule has 3 rings (SSSR count). The monoisotopic (exact) mass is 403 g/mol. The number of halogens is 3. The van der Waals surface area contributed by atoms with E-state index in [4.69, 9.17) is 0 Å². The number of urea groups is 1. The maximum atomic E-state index is 12.1. The lowest BCUT2D eigenvalue weighted by Gasteiger charge is -2.16. The van der Waals surface area contributed by atoms with Crippen molar-refractivity contribution >= 4 is 29.4 Å². The third kappa shape index (κ3) is 5.69. The van der Waals surface area contributed by atoms with Crippen molar-refractivity contribution in [2.75, 3.05) is 11.1 Å². The van der Waals surface area contributed by atoms with Crippen LogP contribution in [0.3, 0.4) is 0 Å². The summed E-state index contributed by atoms with van der Waals surface area (Å²) >= 11 is 1.83. The highest BCUT2D eigenvalue weighted by atomic mass is 32.2. The SMILES string of the molecule is O=C(CCCCC1SCC2NC(=O)NC21)Nc1ccc(OC(F)(F)F)cc1. The second-order valence-corrected chi connectivity index (χ2v) is 7.76. The van der Waals surface area contributed by atoms with Crippen LogP contribution in [0, 0.1) is 0 Å². The molecule has 3 atom stereocenters. The van der Waals surface area contributed by atoms with E-state index in [0.29, 0.717) is 23.8 Å². The summed E-state index contributed by atoms with van der Waals surface area (Å²) in [5.41, 5.74) is 0.420. The number of nitrogens with one attached hydrogen (secondary N) is 3. The molecule has 2 aliphatic heterocycles. The van der Waals surface area contributed by atoms with Gasteiger partial charge in [-0.3, -0.25) is 4.79 Å². The van der Waals surface area contributed by atoms with Gasteiger partial charge in [0.15, 0.2) is 0 Å². The zero-order valence-electron chi connectivity index (χ0n) is 14.3. The Morgan fingerprint density at radius 2 is 1.96 bits per heavy atom. The van der Waals surface area contributed by atoms with E-state index in [-0.39, 0.29) is 29.8 Å². The first-order chi connectivity index (χ1) is 12.8. The fourth-order valence-electron chi connectivity index (χ4n) is 3.24. The molecule has 2 saturated heterocycles. The van der Waals surface area contributed by atoms with Crippen molar-refractivity contribution in [3.05, 3.63) is 24.3 Å². The normalized spacial score (nSPS) is 24.1. The molecule has 1 aromatic rings. The summed E-state index contributed by atoms with van der Waals surface area (Å²) in [6, 6.07) is 5.28. The Morgan fingerprint density at radius 1 is 1.22 bits per heavy atom. The van der Waals surface area contributed by atoms with Crippen LogP contribution in [0.1, 0.15) is 25.7 Å². The topological polar surface area (TPSA) is 79.5 Å². The molecular weight excluding hydrogens is 383 g/mol. The molecule has 27 heavy (non-hydrogen) atoms. The number of benzene rings is 1. The van der Waals surface area contributed by atoms with Gasteiger partial charge >= 0.3 is 12.4 Å². The zero-order chi connectivity index (χ0) is 19.4. The van der Waals surface area contributed by atoms with Crippen molar-refractivity contribution in [2.24, 2.45) is 0 Å². The molecule has 0 aromatic heterocycles. The van der Waals surface area contributed by atoms with Gasteiger partial charge in [0, 0.05) is 23.1 Å². The van der Waals surface area contributed by atoms with E-state index in [1.165, 1.54) is 12.1 Å². The molecule has 10 heteroatoms. The predicted molar refractivity (Wildman–Crippen MR) is 95.7 cm³/mol. The quantitative estimate of drug-likeness (QED) is 0.482. The Bertz CT molecular complexity index is 684. The Hall–Kier alpha value is -2.10. The van der Waals surface area contributed by atoms with Crippen LogP contribution >= 0.6 is 11.8 Å². The van der Waals surface area contributed by atoms with E-state index < -0.39 is 6.36 Å². The van der Waals surface area contributed by atoms with Gasteiger partial charge in [0.05, 0.1) is 12.1 Å². The number of alkyl halides is 3. The van der Waals surface area contributed by atoms with Crippen molar-refractivity contribution in [2.45, 2.75) is 49.4 Å². The molecule has 0 aliphatic carbocycles. The highest BCUT2D eigenvalue weighted by Gasteiger charge is 2.42. The van der Waals surface area contributed by atoms with E-state index >= 15 is 0 Å². The molecule has 2 aliphatic rings. The fraction of sp³-hybridized carbons (Fsp3) is 0.529. The lowest BCUT2D eigenvalue weighted by molar-refractivity contribution is -0.274. The van der Waals surface area contributed by atoms with Crippen molar-refractivity contribution < 1.29 is 27.5 Å². The minimum Gasteiger partial charge on any atom is -0.406 e. The second kappa shape index (κ2) is 8.28. The lowest BCUT2D eigenvalue weighted by atomic mass is 10.0. The highest BCUT2D eigenvalue weighted by Crippen LogP contribution is 2.33. The number of anilines is 1. The van der Waals surface area contributed by atoms with Gasteiger partial charge in [0.1, 0.15) is 5.75 Å². The third-order valence-electron chi connectivity index (χ3n) is 4.45. The lowest BCUT2D eigenvalue weighted by Crippen LogP contribution is -2.36. The van der Waals surface area contributed by atoms with Gasteiger partial charge in [-0.15, -0.1) is 13.2 Å². The number of rotatable bonds is 7. The fourth-order valence-corrected chi connectivity index (χ4v) is 4.78. The first-order valence-electron chi connectivity index (χ1n) is 8.64. The van der Waals surface area contributed by atoms with Crippen LogP contribution in [-0.2, 0) is 4.79 Å². The summed E-state index contributed by atoms with van der Waals surface area (Å²) in [6.07, 6.45) is -1.92. The van der Waals surface area contributed by atoms with Crippen molar-refractivity contribution in [3.8, 4) is 5.75 Å². The number of hydrogen-bond donors (Lipinski definition) is 3. The van der Waals surface area contributed by atoms with Crippen LogP contribution in [-0.4, -0.2) is 41.4 Å². The molecule has 3 N–H and O–H groups in total. The summed E-state index contributed by atoms with van der Waals surface area (Å²) in [4.78, 5) is 23.3. The Balaban J connectivity index is 1.34. The van der Waals surface area contributed by atoms with Gasteiger partial charge in [-0.2, -0.15) is 11.8 Å². The van der Waals surface area contributed by atoms with E-state index in [1.54, 1.807) is 0 Å². The summed E-state index contributed by atoms with van der Waals surface area (Å²) in [6.45, 7) is 0. The number of thioether (sulfide) groups is 1. The molecule has 0 bridgehead atoms. The number of fused-ring (bicyclic) bond motifs is 1. The van der Waals surface area contributed by atoms with Crippen LogP contribution in [0.25, 0.3) is 0 Å². The van der Waals surface area contributed by atoms with E-state index in [0.717, 1.165) is 30.7 Å². The maximum Gasteiger partial charge on any atom is 0.573 e. The average Bonchev–Trinajstić information content (AvgIpc) is 3.12. The number of unbranched alkanes of at least 4 members (excludes halogenated alkanes) is 1. The predicted octanol–water partition coefficient (Wildman–Crippen LogP) is 3.25. The molecule has 3 unspecified atom stereocenters. The largest absolute Gasteiger partial charge is 0.573 e. The number of ether oxygens (including phenoxy) is 1. The van der Waals surface area contributed by atoms with Crippen molar-refractivity contribution in [1.29, 1.82) is 0 Å². The molecule has 2 heterocycles. The van der Waals surface area contributed by atoms with Gasteiger partial charge < -0.3 is 20.7 Å². The number of hydrogen-bond acceptors (Lipinski definition) is 4. The molecule has 0 radical (unpaired) electrons. The Kier molecular flexibility index (Phi) is 6.03. The highest BCUT2D eigenvalue weighted by molar-refractivity contribution is 8.00. The Labute approximate surface area is 158 Å². The van der Waals surface area contributed by atoms with Crippen molar-refractivity contribution in [1.82, 2.24) is 10.6 Å². The van der Waals surface area contributed by atoms with Gasteiger partial charge in [0.25, 0.3) is 0 Å². The van der Waals surface area contributed by atoms with Crippen molar-refractivity contribution in [3.63, 3.8) is 0 Å². The van der Waals surface area contributed by atoms with E-state index in [2.05, 4.69) is 20.7 Å². The summed E-state index contributed by atoms with van der Waals surface area (Å²) < 4.78 is 40.1. The van der Waals surface area contributed by atoms with E-state index in [1.807, 2.05) is 11.8 Å². The van der Waals surface area contributed by atoms with Crippen LogP contribution < -0.4 is 20.7 Å². The van der Waals surface area contributed by atoms with Gasteiger partial charge in [-0.05, 0) is 37.1 Å². The van der Waals surface area contributed by atoms with Gasteiger partial charge in [-0.25, -0.2) is 4.79 Å². The van der Waals surface area contributed by atoms with Crippen LogP contribution in [0.2, 0.25) is 0 Å². The third-order valence-corrected chi connectivity index (χ3v) is 5.96. The number of carbonyl (C=O) groups excluding carboxylic acids is 2. The molecular formula is C17H20F3N3O3S. The molecule has 3 amide bonds. The molecule has 6 nitrogen and oxygen atoms in total. The summed E-state index contributed by atoms with van der Waals surface area (Å²) in [5.74, 6) is 0.386. The van der Waals surface area contributed by atoms with Crippen LogP contribution in [0.15, 0.2) is 24.3 Å². The minimum atomic E-state index is -4.74. The van der Waals surface area contributed by atoms with Crippen LogP contribution in [0.4, 0.5) is 23.7 Å². The standard InChI is InChI=1S/C17H20F3N3O3S/c18-17(19,20)26-11-7-5-10(6-8-11)21-14(24)4-2-1-3-13-15-12(9-27-13)22-16(25)23-15/h5-8,12-13,15H,1-4,9H2,(H,21,24)(H2,22,23,25). The van der Waals surface area contributed by atoms with Gasteiger partial charge in [0.2, 0.25) is 5.91 Å². The van der Waals surface area contributed by atoms with E-state index in [9.17, 15) is 22.8 Å². The minimum absolute atomic E-state index is 0.110. The second-order valence-electron chi connectivity index (χ2n) is 6.49. The smallest absolute Gasteiger partial charge is 0.406 e. The average molecular weight is 403 g/mol. The molecule has 2 fully saturated rings. The molecule has 1 aromatic carbocycles.